The molecule has 0 bridgehead atoms. The van der Waals surface area contributed by atoms with E-state index in [9.17, 15) is 9.59 Å². The number of hydrogen-bond donors (Lipinski definition) is 2. The second kappa shape index (κ2) is 8.01. The van der Waals surface area contributed by atoms with Crippen LogP contribution >= 0.6 is 0 Å². The zero-order chi connectivity index (χ0) is 15.1. The van der Waals surface area contributed by atoms with Crippen molar-refractivity contribution >= 4 is 11.8 Å². The van der Waals surface area contributed by atoms with Crippen molar-refractivity contribution < 1.29 is 9.59 Å². The van der Waals surface area contributed by atoms with Gasteiger partial charge in [0.25, 0.3) is 0 Å². The van der Waals surface area contributed by atoms with Gasteiger partial charge in [0.05, 0.1) is 12.6 Å². The standard InChI is InChI=1S/C14H26N4O2/c1-4-5-16-12(19)10-17-6-8-18(9-7-17)14(20)13(15)11(2)3/h4,11,13H,1,5-10,15H2,2-3H3,(H,16,19). The molecule has 1 aliphatic heterocycles. The van der Waals surface area contributed by atoms with Crippen LogP contribution in [0.1, 0.15) is 13.8 Å². The van der Waals surface area contributed by atoms with E-state index in [1.54, 1.807) is 11.0 Å². The van der Waals surface area contributed by atoms with Crippen molar-refractivity contribution in [2.24, 2.45) is 11.7 Å². The highest BCUT2D eigenvalue weighted by atomic mass is 16.2. The van der Waals surface area contributed by atoms with Crippen molar-refractivity contribution in [1.29, 1.82) is 0 Å². The monoisotopic (exact) mass is 282 g/mol. The Morgan fingerprint density at radius 1 is 1.30 bits per heavy atom. The van der Waals surface area contributed by atoms with Gasteiger partial charge in [0.2, 0.25) is 11.8 Å². The molecule has 0 aromatic carbocycles. The zero-order valence-corrected chi connectivity index (χ0v) is 12.5. The molecule has 3 N–H and O–H groups in total. The zero-order valence-electron chi connectivity index (χ0n) is 12.5. The second-order valence-electron chi connectivity index (χ2n) is 5.46. The Hall–Kier alpha value is -1.40. The maximum atomic E-state index is 12.1. The fourth-order valence-electron chi connectivity index (χ4n) is 2.07. The van der Waals surface area contributed by atoms with Crippen molar-refractivity contribution in [1.82, 2.24) is 15.1 Å². The van der Waals surface area contributed by atoms with E-state index in [1.165, 1.54) is 0 Å². The fraction of sp³-hybridized carbons (Fsp3) is 0.714. The van der Waals surface area contributed by atoms with Crippen LogP contribution in [0.2, 0.25) is 0 Å². The molecule has 0 spiro atoms. The summed E-state index contributed by atoms with van der Waals surface area (Å²) in [5.41, 5.74) is 5.88. The Bertz CT molecular complexity index is 349. The quantitative estimate of drug-likeness (QED) is 0.639. The summed E-state index contributed by atoms with van der Waals surface area (Å²) in [7, 11) is 0. The minimum Gasteiger partial charge on any atom is -0.352 e. The molecule has 0 aliphatic carbocycles. The summed E-state index contributed by atoms with van der Waals surface area (Å²) < 4.78 is 0. The molecule has 20 heavy (non-hydrogen) atoms. The molecule has 1 atom stereocenters. The Morgan fingerprint density at radius 3 is 2.40 bits per heavy atom. The Kier molecular flexibility index (Phi) is 6.67. The van der Waals surface area contributed by atoms with Gasteiger partial charge in [-0.2, -0.15) is 0 Å². The lowest BCUT2D eigenvalue weighted by Gasteiger charge is -2.36. The number of amides is 2. The third kappa shape index (κ3) is 4.94. The van der Waals surface area contributed by atoms with Crippen molar-refractivity contribution in [3.05, 3.63) is 12.7 Å². The van der Waals surface area contributed by atoms with Crippen LogP contribution in [-0.4, -0.2) is 66.9 Å². The smallest absolute Gasteiger partial charge is 0.239 e. The molecule has 0 saturated carbocycles. The first kappa shape index (κ1) is 16.7. The number of nitrogens with one attached hydrogen (secondary N) is 1. The van der Waals surface area contributed by atoms with Crippen LogP contribution in [0.25, 0.3) is 0 Å². The molecule has 0 aromatic rings. The van der Waals surface area contributed by atoms with Gasteiger partial charge < -0.3 is 16.0 Å². The molecular weight excluding hydrogens is 256 g/mol. The van der Waals surface area contributed by atoms with E-state index in [4.69, 9.17) is 5.73 Å². The van der Waals surface area contributed by atoms with E-state index in [1.807, 2.05) is 18.7 Å². The molecule has 6 nitrogen and oxygen atoms in total. The largest absolute Gasteiger partial charge is 0.352 e. The summed E-state index contributed by atoms with van der Waals surface area (Å²) in [6, 6.07) is -0.433. The Labute approximate surface area is 121 Å². The third-order valence-electron chi connectivity index (χ3n) is 3.50. The van der Waals surface area contributed by atoms with Gasteiger partial charge in [0.1, 0.15) is 0 Å². The van der Waals surface area contributed by atoms with Gasteiger partial charge in [0.15, 0.2) is 0 Å². The highest BCUT2D eigenvalue weighted by Crippen LogP contribution is 2.07. The molecule has 1 unspecified atom stereocenters. The number of piperazine rings is 1. The average Bonchev–Trinajstić information content (AvgIpc) is 2.44. The van der Waals surface area contributed by atoms with Crippen LogP contribution in [0.15, 0.2) is 12.7 Å². The molecule has 1 fully saturated rings. The summed E-state index contributed by atoms with van der Waals surface area (Å²) in [6.45, 7) is 11.0. The van der Waals surface area contributed by atoms with Crippen LogP contribution in [-0.2, 0) is 9.59 Å². The normalized spacial score (nSPS) is 17.9. The summed E-state index contributed by atoms with van der Waals surface area (Å²) in [5, 5.41) is 2.75. The van der Waals surface area contributed by atoms with Gasteiger partial charge >= 0.3 is 0 Å². The van der Waals surface area contributed by atoms with E-state index in [2.05, 4.69) is 11.9 Å². The van der Waals surface area contributed by atoms with Crippen molar-refractivity contribution in [2.45, 2.75) is 19.9 Å². The van der Waals surface area contributed by atoms with Crippen LogP contribution in [0.5, 0.6) is 0 Å². The molecular formula is C14H26N4O2. The summed E-state index contributed by atoms with van der Waals surface area (Å²) in [4.78, 5) is 27.5. The Balaban J connectivity index is 2.34. The average molecular weight is 282 g/mol. The third-order valence-corrected chi connectivity index (χ3v) is 3.50. The Morgan fingerprint density at radius 2 is 1.90 bits per heavy atom. The molecule has 6 heteroatoms. The predicted molar refractivity (Wildman–Crippen MR) is 79.0 cm³/mol. The summed E-state index contributed by atoms with van der Waals surface area (Å²) in [5.74, 6) is 0.143. The minimum absolute atomic E-state index is 0.00996. The molecule has 0 aromatic heterocycles. The van der Waals surface area contributed by atoms with E-state index < -0.39 is 6.04 Å². The maximum absolute atomic E-state index is 12.1. The molecule has 114 valence electrons. The van der Waals surface area contributed by atoms with Crippen molar-refractivity contribution in [2.75, 3.05) is 39.3 Å². The molecule has 1 aliphatic rings. The molecule has 1 saturated heterocycles. The van der Waals surface area contributed by atoms with Crippen LogP contribution < -0.4 is 11.1 Å². The van der Waals surface area contributed by atoms with E-state index in [0.29, 0.717) is 39.3 Å². The van der Waals surface area contributed by atoms with Crippen LogP contribution in [0.4, 0.5) is 0 Å². The predicted octanol–water partition coefficient (Wildman–Crippen LogP) is -0.584. The highest BCUT2D eigenvalue weighted by Gasteiger charge is 2.27. The minimum atomic E-state index is -0.433. The molecule has 1 rings (SSSR count). The maximum Gasteiger partial charge on any atom is 0.239 e. The number of hydrogen-bond acceptors (Lipinski definition) is 4. The highest BCUT2D eigenvalue weighted by molar-refractivity contribution is 5.82. The summed E-state index contributed by atoms with van der Waals surface area (Å²) in [6.07, 6.45) is 1.65. The van der Waals surface area contributed by atoms with Crippen molar-refractivity contribution in [3.8, 4) is 0 Å². The van der Waals surface area contributed by atoms with Gasteiger partial charge in [-0.1, -0.05) is 19.9 Å². The molecule has 2 amide bonds. The van der Waals surface area contributed by atoms with Gasteiger partial charge in [0, 0.05) is 32.7 Å². The van der Waals surface area contributed by atoms with Crippen molar-refractivity contribution in [3.63, 3.8) is 0 Å². The lowest BCUT2D eigenvalue weighted by molar-refractivity contribution is -0.135. The SMILES string of the molecule is C=CCNC(=O)CN1CCN(C(=O)C(N)C(C)C)CC1. The first-order valence-corrected chi connectivity index (χ1v) is 7.10. The van der Waals surface area contributed by atoms with E-state index in [0.717, 1.165) is 0 Å². The van der Waals surface area contributed by atoms with Gasteiger partial charge in [-0.25, -0.2) is 0 Å². The van der Waals surface area contributed by atoms with E-state index >= 15 is 0 Å². The van der Waals surface area contributed by atoms with Crippen LogP contribution in [0, 0.1) is 5.92 Å². The van der Waals surface area contributed by atoms with Gasteiger partial charge in [-0.3, -0.25) is 14.5 Å². The van der Waals surface area contributed by atoms with E-state index in [-0.39, 0.29) is 17.7 Å². The first-order valence-electron chi connectivity index (χ1n) is 7.10. The van der Waals surface area contributed by atoms with Gasteiger partial charge in [-0.05, 0) is 5.92 Å². The van der Waals surface area contributed by atoms with Gasteiger partial charge in [-0.15, -0.1) is 6.58 Å². The second-order valence-corrected chi connectivity index (χ2v) is 5.46. The lowest BCUT2D eigenvalue weighted by atomic mass is 10.0. The number of rotatable bonds is 6. The number of carbonyl (C=O) groups is 2. The number of nitrogens with zero attached hydrogens (tertiary/aromatic N) is 2. The number of nitrogens with two attached hydrogens (primary N) is 1. The topological polar surface area (TPSA) is 78.7 Å². The number of carbonyl (C=O) groups excluding carboxylic acids is 2. The lowest BCUT2D eigenvalue weighted by Crippen LogP contribution is -2.55. The van der Waals surface area contributed by atoms with Crippen LogP contribution in [0.3, 0.4) is 0 Å². The fourth-order valence-corrected chi connectivity index (χ4v) is 2.07. The molecule has 0 radical (unpaired) electrons. The first-order chi connectivity index (χ1) is 9.45. The summed E-state index contributed by atoms with van der Waals surface area (Å²) >= 11 is 0. The molecule has 1 heterocycles.